The average Bonchev–Trinajstić information content (AvgIpc) is 2.97. The number of hydrogen-bond acceptors (Lipinski definition) is 4. The first-order valence-electron chi connectivity index (χ1n) is 6.61. The van der Waals surface area contributed by atoms with E-state index >= 15 is 0 Å². The van der Waals surface area contributed by atoms with Crippen molar-refractivity contribution in [1.29, 1.82) is 0 Å². The molecule has 0 amide bonds. The topological polar surface area (TPSA) is 55.1 Å². The van der Waals surface area contributed by atoms with Gasteiger partial charge in [-0.15, -0.1) is 0 Å². The maximum Gasteiger partial charge on any atom is 0.299 e. The quantitative estimate of drug-likeness (QED) is 0.723. The molecule has 0 bridgehead atoms. The van der Waals surface area contributed by atoms with Crippen molar-refractivity contribution in [2.24, 2.45) is 0 Å². The molecule has 0 saturated carbocycles. The third-order valence-corrected chi connectivity index (χ3v) is 3.08. The van der Waals surface area contributed by atoms with Crippen molar-refractivity contribution in [2.75, 3.05) is 5.32 Å². The molecule has 0 fully saturated rings. The van der Waals surface area contributed by atoms with Crippen molar-refractivity contribution in [3.63, 3.8) is 0 Å². The highest BCUT2D eigenvalue weighted by molar-refractivity contribution is 5.95. The van der Waals surface area contributed by atoms with E-state index in [-0.39, 0.29) is 5.78 Å². The summed E-state index contributed by atoms with van der Waals surface area (Å²) in [6.07, 6.45) is 1.64. The number of aromatic nitrogens is 1. The Bertz CT molecular complexity index is 763. The molecule has 0 aliphatic heterocycles. The third kappa shape index (κ3) is 3.00. The molecule has 0 aliphatic carbocycles. The molecule has 4 nitrogen and oxygen atoms in total. The number of nitrogens with one attached hydrogen (secondary N) is 1. The highest BCUT2D eigenvalue weighted by Crippen LogP contribution is 2.25. The van der Waals surface area contributed by atoms with E-state index in [0.29, 0.717) is 17.3 Å². The summed E-state index contributed by atoms with van der Waals surface area (Å²) >= 11 is 0. The Kier molecular flexibility index (Phi) is 3.51. The lowest BCUT2D eigenvalue weighted by molar-refractivity contribution is 0.101. The molecule has 1 N–H and O–H groups in total. The number of hydrogen-bond donors (Lipinski definition) is 1. The van der Waals surface area contributed by atoms with Gasteiger partial charge in [0.2, 0.25) is 0 Å². The van der Waals surface area contributed by atoms with Gasteiger partial charge in [0, 0.05) is 16.8 Å². The molecule has 0 spiro atoms. The molecule has 0 unspecified atom stereocenters. The summed E-state index contributed by atoms with van der Waals surface area (Å²) in [5.41, 5.74) is 2.39. The van der Waals surface area contributed by atoms with Crippen molar-refractivity contribution in [1.82, 2.24) is 4.98 Å². The Labute approximate surface area is 122 Å². The van der Waals surface area contributed by atoms with Crippen molar-refractivity contribution in [3.05, 3.63) is 66.4 Å². The summed E-state index contributed by atoms with van der Waals surface area (Å²) in [7, 11) is 0. The Balaban J connectivity index is 1.85. The zero-order valence-electron chi connectivity index (χ0n) is 11.5. The van der Waals surface area contributed by atoms with E-state index in [1.807, 2.05) is 42.5 Å². The molecule has 104 valence electrons. The van der Waals surface area contributed by atoms with Gasteiger partial charge in [0.05, 0.1) is 6.20 Å². The first-order valence-corrected chi connectivity index (χ1v) is 6.61. The van der Waals surface area contributed by atoms with Crippen LogP contribution in [0, 0.1) is 0 Å². The summed E-state index contributed by atoms with van der Waals surface area (Å²) in [5, 5.41) is 3.09. The van der Waals surface area contributed by atoms with Crippen molar-refractivity contribution in [3.8, 4) is 11.3 Å². The number of rotatable bonds is 4. The predicted octanol–water partition coefficient (Wildman–Crippen LogP) is 4.29. The zero-order valence-corrected chi connectivity index (χ0v) is 11.5. The molecule has 4 heteroatoms. The van der Waals surface area contributed by atoms with Crippen LogP contribution < -0.4 is 5.32 Å². The van der Waals surface area contributed by atoms with Crippen molar-refractivity contribution < 1.29 is 9.21 Å². The second-order valence-electron chi connectivity index (χ2n) is 4.66. The van der Waals surface area contributed by atoms with Crippen LogP contribution in [0.4, 0.5) is 11.7 Å². The van der Waals surface area contributed by atoms with E-state index in [4.69, 9.17) is 4.42 Å². The Morgan fingerprint density at radius 2 is 1.90 bits per heavy atom. The van der Waals surface area contributed by atoms with E-state index in [2.05, 4.69) is 10.3 Å². The van der Waals surface area contributed by atoms with Gasteiger partial charge in [-0.05, 0) is 25.1 Å². The van der Waals surface area contributed by atoms with Gasteiger partial charge in [-0.2, -0.15) is 0 Å². The van der Waals surface area contributed by atoms with Gasteiger partial charge in [-0.25, -0.2) is 4.98 Å². The average molecular weight is 278 g/mol. The number of ketones is 1. The minimum absolute atomic E-state index is 0.0269. The maximum absolute atomic E-state index is 11.4. The van der Waals surface area contributed by atoms with Crippen LogP contribution in [0.2, 0.25) is 0 Å². The molecule has 0 saturated heterocycles. The fraction of sp³-hybridized carbons (Fsp3) is 0.0588. The number of oxazole rings is 1. The van der Waals surface area contributed by atoms with E-state index in [1.165, 1.54) is 0 Å². The third-order valence-electron chi connectivity index (χ3n) is 3.08. The van der Waals surface area contributed by atoms with E-state index in [1.54, 1.807) is 25.3 Å². The molecule has 2 aromatic carbocycles. The monoisotopic (exact) mass is 278 g/mol. The van der Waals surface area contributed by atoms with Gasteiger partial charge in [0.25, 0.3) is 6.01 Å². The summed E-state index contributed by atoms with van der Waals surface area (Å²) in [5.74, 6) is 0.649. The molecule has 0 aliphatic rings. The number of anilines is 2. The summed E-state index contributed by atoms with van der Waals surface area (Å²) in [6, 6.07) is 17.4. The largest absolute Gasteiger partial charge is 0.423 e. The molecule has 1 aromatic heterocycles. The van der Waals surface area contributed by atoms with Crippen LogP contribution in [0.25, 0.3) is 11.3 Å². The normalized spacial score (nSPS) is 10.3. The van der Waals surface area contributed by atoms with Crippen LogP contribution in [0.15, 0.2) is 65.2 Å². The first-order chi connectivity index (χ1) is 10.2. The van der Waals surface area contributed by atoms with Gasteiger partial charge in [-0.1, -0.05) is 36.4 Å². The maximum atomic E-state index is 11.4. The highest BCUT2D eigenvalue weighted by Gasteiger charge is 2.08. The van der Waals surface area contributed by atoms with E-state index < -0.39 is 0 Å². The smallest absolute Gasteiger partial charge is 0.299 e. The van der Waals surface area contributed by atoms with Crippen molar-refractivity contribution >= 4 is 17.5 Å². The van der Waals surface area contributed by atoms with Crippen LogP contribution in [0.3, 0.4) is 0 Å². The SMILES string of the molecule is CC(=O)c1cccc(-c2cnc(Nc3ccccc3)o2)c1. The van der Waals surface area contributed by atoms with E-state index in [0.717, 1.165) is 11.3 Å². The molecular weight excluding hydrogens is 264 g/mol. The minimum atomic E-state index is 0.0269. The minimum Gasteiger partial charge on any atom is -0.423 e. The second kappa shape index (κ2) is 5.63. The number of benzene rings is 2. The van der Waals surface area contributed by atoms with Gasteiger partial charge in [-0.3, -0.25) is 4.79 Å². The number of carbonyl (C=O) groups excluding carboxylic acids is 1. The molecule has 3 aromatic rings. The summed E-state index contributed by atoms with van der Waals surface area (Å²) < 4.78 is 5.67. The number of carbonyl (C=O) groups is 1. The lowest BCUT2D eigenvalue weighted by Gasteiger charge is -2.01. The van der Waals surface area contributed by atoms with Gasteiger partial charge < -0.3 is 9.73 Å². The Hall–Kier alpha value is -2.88. The van der Waals surface area contributed by atoms with Crippen LogP contribution in [0.5, 0.6) is 0 Å². The second-order valence-corrected chi connectivity index (χ2v) is 4.66. The Morgan fingerprint density at radius 1 is 1.10 bits per heavy atom. The molecule has 1 heterocycles. The number of Topliss-reactive ketones (excluding diaryl/α,β-unsaturated/α-hetero) is 1. The first kappa shape index (κ1) is 13.1. The van der Waals surface area contributed by atoms with Crippen LogP contribution in [-0.4, -0.2) is 10.8 Å². The highest BCUT2D eigenvalue weighted by atomic mass is 16.4. The standard InChI is InChI=1S/C17H14N2O2/c1-12(20)13-6-5-7-14(10-13)16-11-18-17(21-16)19-15-8-3-2-4-9-15/h2-11H,1H3,(H,18,19). The lowest BCUT2D eigenvalue weighted by Crippen LogP contribution is -1.91. The molecular formula is C17H14N2O2. The molecule has 0 atom stereocenters. The molecule has 3 rings (SSSR count). The van der Waals surface area contributed by atoms with Gasteiger partial charge in [0.15, 0.2) is 11.5 Å². The van der Waals surface area contributed by atoms with E-state index in [9.17, 15) is 4.79 Å². The fourth-order valence-corrected chi connectivity index (χ4v) is 2.00. The zero-order chi connectivity index (χ0) is 14.7. The molecule has 21 heavy (non-hydrogen) atoms. The predicted molar refractivity (Wildman–Crippen MR) is 81.7 cm³/mol. The number of nitrogens with zero attached hydrogens (tertiary/aromatic N) is 1. The van der Waals surface area contributed by atoms with Crippen LogP contribution in [0.1, 0.15) is 17.3 Å². The Morgan fingerprint density at radius 3 is 2.67 bits per heavy atom. The van der Waals surface area contributed by atoms with Gasteiger partial charge >= 0.3 is 0 Å². The summed E-state index contributed by atoms with van der Waals surface area (Å²) in [4.78, 5) is 15.6. The lowest BCUT2D eigenvalue weighted by atomic mass is 10.1. The molecule has 0 radical (unpaired) electrons. The fourth-order valence-electron chi connectivity index (χ4n) is 2.00. The van der Waals surface area contributed by atoms with Crippen LogP contribution in [-0.2, 0) is 0 Å². The summed E-state index contributed by atoms with van der Waals surface area (Å²) in [6.45, 7) is 1.54. The van der Waals surface area contributed by atoms with Crippen molar-refractivity contribution in [2.45, 2.75) is 6.92 Å². The van der Waals surface area contributed by atoms with Crippen LogP contribution >= 0.6 is 0 Å². The van der Waals surface area contributed by atoms with Gasteiger partial charge in [0.1, 0.15) is 0 Å². The number of para-hydroxylation sites is 1.